The summed E-state index contributed by atoms with van der Waals surface area (Å²) in [6.45, 7) is 0.855. The van der Waals surface area contributed by atoms with Crippen molar-refractivity contribution in [1.82, 2.24) is 15.3 Å². The molecule has 0 amide bonds. The Morgan fingerprint density at radius 1 is 1.25 bits per heavy atom. The number of aryl methyl sites for hydroxylation is 2. The number of methoxy groups -OCH3 is 1. The molecule has 32 heavy (non-hydrogen) atoms. The van der Waals surface area contributed by atoms with E-state index in [2.05, 4.69) is 28.5 Å². The zero-order valence-corrected chi connectivity index (χ0v) is 19.4. The van der Waals surface area contributed by atoms with Crippen molar-refractivity contribution < 1.29 is 14.3 Å². The molecule has 0 saturated carbocycles. The monoisotopic (exact) mass is 451 g/mol. The number of fused-ring (bicyclic) bond motifs is 2. The van der Waals surface area contributed by atoms with Crippen molar-refractivity contribution >= 4 is 28.6 Å². The average molecular weight is 452 g/mol. The minimum absolute atomic E-state index is 0.247. The molecule has 168 valence electrons. The molecule has 1 aliphatic rings. The van der Waals surface area contributed by atoms with Crippen molar-refractivity contribution in [2.45, 2.75) is 44.9 Å². The van der Waals surface area contributed by atoms with Crippen molar-refractivity contribution in [2.24, 2.45) is 0 Å². The highest BCUT2D eigenvalue weighted by molar-refractivity contribution is 7.98. The molecule has 0 aliphatic heterocycles. The molecule has 3 aromatic rings. The van der Waals surface area contributed by atoms with Crippen LogP contribution in [0.5, 0.6) is 5.88 Å². The summed E-state index contributed by atoms with van der Waals surface area (Å²) in [5.74, 6) is 1.21. The molecule has 1 aliphatic carbocycles. The lowest BCUT2D eigenvalue weighted by atomic mass is 10.0. The Morgan fingerprint density at radius 2 is 2.09 bits per heavy atom. The van der Waals surface area contributed by atoms with Gasteiger partial charge in [-0.15, -0.1) is 0 Å². The van der Waals surface area contributed by atoms with Crippen LogP contribution in [0.4, 0.5) is 0 Å². The number of nitrogens with one attached hydrogen (secondary N) is 1. The van der Waals surface area contributed by atoms with E-state index in [1.165, 1.54) is 24.7 Å². The summed E-state index contributed by atoms with van der Waals surface area (Å²) in [7, 11) is 1.43. The van der Waals surface area contributed by atoms with E-state index in [1.807, 2.05) is 18.4 Å². The maximum absolute atomic E-state index is 12.2. The average Bonchev–Trinajstić information content (AvgIpc) is 3.28. The third kappa shape index (κ3) is 5.40. The van der Waals surface area contributed by atoms with Crippen LogP contribution in [0.25, 0.3) is 10.9 Å². The highest BCUT2D eigenvalue weighted by Gasteiger charge is 2.20. The minimum Gasteiger partial charge on any atom is -0.472 e. The second-order valence-electron chi connectivity index (χ2n) is 8.01. The van der Waals surface area contributed by atoms with Crippen LogP contribution < -0.4 is 10.1 Å². The Balaban J connectivity index is 1.61. The summed E-state index contributed by atoms with van der Waals surface area (Å²) in [6.07, 6.45) is 9.70. The first-order chi connectivity index (χ1) is 15.7. The first-order valence-electron chi connectivity index (χ1n) is 10.9. The van der Waals surface area contributed by atoms with Crippen LogP contribution in [0.1, 0.15) is 35.1 Å². The fourth-order valence-electron chi connectivity index (χ4n) is 4.07. The van der Waals surface area contributed by atoms with Gasteiger partial charge in [0, 0.05) is 35.5 Å². The number of esters is 1. The van der Waals surface area contributed by atoms with Gasteiger partial charge in [0.1, 0.15) is 12.6 Å². The van der Waals surface area contributed by atoms with E-state index >= 15 is 0 Å². The smallest absolute Gasteiger partial charge is 0.322 e. The SMILES string of the molecule is COC(=O)[C@H](CCSC)NCc1cc2cc3c(cc2nc1OCc1cccnc1)CCC3. The van der Waals surface area contributed by atoms with Gasteiger partial charge in [-0.25, -0.2) is 4.98 Å². The molecule has 1 N–H and O–H groups in total. The topological polar surface area (TPSA) is 73.3 Å². The number of aromatic nitrogens is 2. The zero-order valence-electron chi connectivity index (χ0n) is 18.6. The van der Waals surface area contributed by atoms with Gasteiger partial charge in [0.2, 0.25) is 5.88 Å². The molecule has 0 bridgehead atoms. The summed E-state index contributed by atoms with van der Waals surface area (Å²) in [6, 6.07) is 10.1. The third-order valence-corrected chi connectivity index (χ3v) is 6.45. The maximum atomic E-state index is 12.2. The molecule has 0 unspecified atom stereocenters. The molecule has 0 saturated heterocycles. The number of nitrogens with zero attached hydrogens (tertiary/aromatic N) is 2. The Morgan fingerprint density at radius 3 is 2.84 bits per heavy atom. The zero-order chi connectivity index (χ0) is 22.3. The van der Waals surface area contributed by atoms with E-state index in [1.54, 1.807) is 24.2 Å². The molecule has 0 radical (unpaired) electrons. The van der Waals surface area contributed by atoms with Crippen molar-refractivity contribution in [2.75, 3.05) is 19.1 Å². The summed E-state index contributed by atoms with van der Waals surface area (Å²) in [5.41, 5.74) is 5.65. The van der Waals surface area contributed by atoms with Crippen LogP contribution in [0.2, 0.25) is 0 Å². The predicted octanol–water partition coefficient (Wildman–Crippen LogP) is 4.08. The van der Waals surface area contributed by atoms with Gasteiger partial charge in [-0.3, -0.25) is 9.78 Å². The van der Waals surface area contributed by atoms with Gasteiger partial charge in [0.05, 0.1) is 12.6 Å². The molecule has 0 spiro atoms. The van der Waals surface area contributed by atoms with E-state index in [0.717, 1.165) is 40.6 Å². The van der Waals surface area contributed by atoms with E-state index in [0.29, 0.717) is 25.5 Å². The quantitative estimate of drug-likeness (QED) is 0.466. The normalized spacial score (nSPS) is 13.7. The van der Waals surface area contributed by atoms with E-state index in [-0.39, 0.29) is 12.0 Å². The lowest BCUT2D eigenvalue weighted by molar-refractivity contribution is -0.143. The fourth-order valence-corrected chi connectivity index (χ4v) is 4.55. The van der Waals surface area contributed by atoms with Gasteiger partial charge in [-0.1, -0.05) is 6.07 Å². The van der Waals surface area contributed by atoms with Crippen molar-refractivity contribution in [3.05, 3.63) is 65.0 Å². The van der Waals surface area contributed by atoms with Crippen LogP contribution >= 0.6 is 11.8 Å². The molecule has 0 fully saturated rings. The number of rotatable bonds is 10. The maximum Gasteiger partial charge on any atom is 0.322 e. The molecule has 2 aromatic heterocycles. The molecule has 1 atom stereocenters. The van der Waals surface area contributed by atoms with E-state index in [4.69, 9.17) is 14.5 Å². The van der Waals surface area contributed by atoms with Crippen LogP contribution in [-0.4, -0.2) is 41.1 Å². The van der Waals surface area contributed by atoms with Gasteiger partial charge in [-0.05, 0) is 73.1 Å². The number of pyridine rings is 2. The predicted molar refractivity (Wildman–Crippen MR) is 128 cm³/mol. The first kappa shape index (κ1) is 22.6. The number of benzene rings is 1. The molecule has 7 heteroatoms. The standard InChI is InChI=1S/C25H29N3O3S/c1-30-25(29)22(8-10-32-2)27-15-21-12-20-11-18-6-3-7-19(18)13-23(20)28-24(21)31-16-17-5-4-9-26-14-17/h4-5,9,11-14,22,27H,3,6-8,10,15-16H2,1-2H3/t22-/m0/s1. The van der Waals surface area contributed by atoms with Gasteiger partial charge in [0.25, 0.3) is 0 Å². The number of ether oxygens (including phenoxy) is 2. The van der Waals surface area contributed by atoms with Gasteiger partial charge < -0.3 is 14.8 Å². The van der Waals surface area contributed by atoms with Crippen molar-refractivity contribution in [1.29, 1.82) is 0 Å². The summed E-state index contributed by atoms with van der Waals surface area (Å²) in [4.78, 5) is 21.3. The summed E-state index contributed by atoms with van der Waals surface area (Å²) in [5, 5.41) is 4.46. The Hall–Kier alpha value is -2.64. The summed E-state index contributed by atoms with van der Waals surface area (Å²) < 4.78 is 11.1. The second kappa shape index (κ2) is 10.8. The first-order valence-corrected chi connectivity index (χ1v) is 12.3. The molecule has 1 aromatic carbocycles. The lowest BCUT2D eigenvalue weighted by Gasteiger charge is -2.18. The van der Waals surface area contributed by atoms with Crippen LogP contribution in [0.3, 0.4) is 0 Å². The minimum atomic E-state index is -0.366. The van der Waals surface area contributed by atoms with Crippen molar-refractivity contribution in [3.63, 3.8) is 0 Å². The molecule has 6 nitrogen and oxygen atoms in total. The largest absolute Gasteiger partial charge is 0.472 e. The van der Waals surface area contributed by atoms with Crippen LogP contribution in [0, 0.1) is 0 Å². The van der Waals surface area contributed by atoms with Gasteiger partial charge in [0.15, 0.2) is 0 Å². The number of hydrogen-bond donors (Lipinski definition) is 1. The van der Waals surface area contributed by atoms with Gasteiger partial charge in [-0.2, -0.15) is 11.8 Å². The Kier molecular flexibility index (Phi) is 7.60. The van der Waals surface area contributed by atoms with E-state index in [9.17, 15) is 4.79 Å². The number of thioether (sulfide) groups is 1. The Labute approximate surface area is 193 Å². The number of carbonyl (C=O) groups excluding carboxylic acids is 1. The number of hydrogen-bond acceptors (Lipinski definition) is 7. The number of carbonyl (C=O) groups is 1. The third-order valence-electron chi connectivity index (χ3n) is 5.80. The molecular formula is C25H29N3O3S. The highest BCUT2D eigenvalue weighted by atomic mass is 32.2. The molecule has 4 rings (SSSR count). The summed E-state index contributed by atoms with van der Waals surface area (Å²) >= 11 is 1.71. The molecular weight excluding hydrogens is 422 g/mol. The molecule has 2 heterocycles. The van der Waals surface area contributed by atoms with Crippen LogP contribution in [-0.2, 0) is 35.5 Å². The lowest BCUT2D eigenvalue weighted by Crippen LogP contribution is -2.37. The highest BCUT2D eigenvalue weighted by Crippen LogP contribution is 2.30. The van der Waals surface area contributed by atoms with Crippen LogP contribution in [0.15, 0.2) is 42.7 Å². The van der Waals surface area contributed by atoms with Crippen molar-refractivity contribution in [3.8, 4) is 5.88 Å². The second-order valence-corrected chi connectivity index (χ2v) is 8.99. The Bertz CT molecular complexity index is 1070. The van der Waals surface area contributed by atoms with E-state index < -0.39 is 0 Å². The van der Waals surface area contributed by atoms with Gasteiger partial charge >= 0.3 is 5.97 Å². The fraction of sp³-hybridized carbons (Fsp3) is 0.400.